The number of thiophene rings is 1. The van der Waals surface area contributed by atoms with E-state index in [-0.39, 0.29) is 5.69 Å². The van der Waals surface area contributed by atoms with Crippen LogP contribution in [0.25, 0.3) is 21.3 Å². The molecule has 0 amide bonds. The van der Waals surface area contributed by atoms with Gasteiger partial charge in [-0.05, 0) is 36.6 Å². The molecule has 140 valence electrons. The number of fused-ring (bicyclic) bond motifs is 1. The number of non-ortho nitro benzene ring substituents is 1. The van der Waals surface area contributed by atoms with E-state index in [1.165, 1.54) is 23.7 Å². The fraction of sp³-hybridized carbons (Fsp3) is 0.100. The van der Waals surface area contributed by atoms with E-state index < -0.39 is 4.92 Å². The van der Waals surface area contributed by atoms with Gasteiger partial charge >= 0.3 is 0 Å². The summed E-state index contributed by atoms with van der Waals surface area (Å²) < 4.78 is 0. The minimum absolute atomic E-state index is 0.0423. The van der Waals surface area contributed by atoms with Crippen molar-refractivity contribution < 1.29 is 4.92 Å². The molecule has 0 atom stereocenters. The van der Waals surface area contributed by atoms with Gasteiger partial charge in [-0.3, -0.25) is 10.1 Å². The molecule has 1 N–H and O–H groups in total. The van der Waals surface area contributed by atoms with Gasteiger partial charge in [0.1, 0.15) is 17.0 Å². The van der Waals surface area contributed by atoms with Crippen molar-refractivity contribution in [2.45, 2.75) is 13.8 Å². The van der Waals surface area contributed by atoms with Crippen molar-refractivity contribution in [2.75, 3.05) is 5.32 Å². The summed E-state index contributed by atoms with van der Waals surface area (Å²) in [5, 5.41) is 17.8. The van der Waals surface area contributed by atoms with E-state index in [0.717, 1.165) is 38.2 Å². The summed E-state index contributed by atoms with van der Waals surface area (Å²) in [6.45, 7) is 3.97. The molecule has 2 aromatic heterocycles. The van der Waals surface area contributed by atoms with E-state index in [9.17, 15) is 10.1 Å². The number of halogens is 1. The maximum absolute atomic E-state index is 11.2. The van der Waals surface area contributed by atoms with Crippen LogP contribution < -0.4 is 5.32 Å². The van der Waals surface area contributed by atoms with Crippen molar-refractivity contribution in [1.29, 1.82) is 0 Å². The number of rotatable bonds is 4. The van der Waals surface area contributed by atoms with Crippen molar-refractivity contribution in [1.82, 2.24) is 9.97 Å². The Labute approximate surface area is 170 Å². The van der Waals surface area contributed by atoms with E-state index in [4.69, 9.17) is 11.6 Å². The maximum Gasteiger partial charge on any atom is 0.270 e. The Balaban J connectivity index is 1.87. The van der Waals surface area contributed by atoms with Crippen molar-refractivity contribution in [3.05, 3.63) is 74.4 Å². The molecular weight excluding hydrogens is 396 g/mol. The number of hydrogen-bond acceptors (Lipinski definition) is 6. The van der Waals surface area contributed by atoms with Gasteiger partial charge in [-0.25, -0.2) is 9.97 Å². The molecule has 28 heavy (non-hydrogen) atoms. The lowest BCUT2D eigenvalue weighted by Crippen LogP contribution is -1.99. The zero-order chi connectivity index (χ0) is 19.8. The van der Waals surface area contributed by atoms with Gasteiger partial charge in [0.25, 0.3) is 5.69 Å². The van der Waals surface area contributed by atoms with Crippen molar-refractivity contribution in [2.24, 2.45) is 0 Å². The first-order valence-electron chi connectivity index (χ1n) is 8.45. The van der Waals surface area contributed by atoms with Crippen LogP contribution in [0.5, 0.6) is 0 Å². The van der Waals surface area contributed by atoms with Crippen LogP contribution in [0.1, 0.15) is 11.1 Å². The fourth-order valence-corrected chi connectivity index (χ4v) is 4.45. The lowest BCUT2D eigenvalue weighted by Gasteiger charge is -2.13. The van der Waals surface area contributed by atoms with Gasteiger partial charge < -0.3 is 5.32 Å². The third kappa shape index (κ3) is 3.30. The molecule has 0 spiro atoms. The zero-order valence-corrected chi connectivity index (χ0v) is 16.6. The second-order valence-electron chi connectivity index (χ2n) is 6.42. The van der Waals surface area contributed by atoms with E-state index in [1.54, 1.807) is 12.1 Å². The minimum atomic E-state index is -0.400. The fourth-order valence-electron chi connectivity index (χ4n) is 3.16. The number of nitrogens with one attached hydrogen (secondary N) is 1. The SMILES string of the molecule is Cc1cc(C)c(Nc2ncnc3scc(-c4cccc([N+](=O)[O-])c4)c23)c(Cl)c1. The quantitative estimate of drug-likeness (QED) is 0.316. The molecule has 2 aromatic carbocycles. The number of aryl methyl sites for hydroxylation is 2. The Morgan fingerprint density at radius 2 is 2.00 bits per heavy atom. The van der Waals surface area contributed by atoms with Crippen LogP contribution in [0.4, 0.5) is 17.2 Å². The molecule has 0 aliphatic carbocycles. The molecule has 0 aliphatic heterocycles. The molecule has 0 fully saturated rings. The van der Waals surface area contributed by atoms with Crippen LogP contribution in [0.2, 0.25) is 5.02 Å². The lowest BCUT2D eigenvalue weighted by atomic mass is 10.1. The average molecular weight is 411 g/mol. The van der Waals surface area contributed by atoms with Crippen LogP contribution in [0.3, 0.4) is 0 Å². The largest absolute Gasteiger partial charge is 0.338 e. The number of nitro benzene ring substituents is 1. The lowest BCUT2D eigenvalue weighted by molar-refractivity contribution is -0.384. The van der Waals surface area contributed by atoms with Gasteiger partial charge in [0.15, 0.2) is 0 Å². The predicted octanol–water partition coefficient (Wildman–Crippen LogP) is 6.28. The van der Waals surface area contributed by atoms with Gasteiger partial charge in [0.05, 0.1) is 21.0 Å². The zero-order valence-electron chi connectivity index (χ0n) is 15.1. The first-order valence-corrected chi connectivity index (χ1v) is 9.70. The standard InChI is InChI=1S/C20H15ClN4O2S/c1-11-6-12(2)18(16(21)7-11)24-19-17-15(9-28-20(17)23-10-22-19)13-4-3-5-14(8-13)25(26)27/h3-10H,1-2H3,(H,22,23,24). The average Bonchev–Trinajstić information content (AvgIpc) is 3.09. The monoisotopic (exact) mass is 410 g/mol. The number of hydrogen-bond donors (Lipinski definition) is 1. The highest BCUT2D eigenvalue weighted by molar-refractivity contribution is 7.17. The summed E-state index contributed by atoms with van der Waals surface area (Å²) in [7, 11) is 0. The van der Waals surface area contributed by atoms with Crippen LogP contribution in [0, 0.1) is 24.0 Å². The molecule has 2 heterocycles. The number of aromatic nitrogens is 2. The van der Waals surface area contributed by atoms with E-state index in [0.29, 0.717) is 10.8 Å². The van der Waals surface area contributed by atoms with Crippen LogP contribution in [-0.2, 0) is 0 Å². The smallest absolute Gasteiger partial charge is 0.270 e. The topological polar surface area (TPSA) is 81.0 Å². The number of benzene rings is 2. The number of anilines is 2. The predicted molar refractivity (Wildman–Crippen MR) is 114 cm³/mol. The molecule has 0 radical (unpaired) electrons. The molecule has 8 heteroatoms. The molecule has 0 bridgehead atoms. The summed E-state index contributed by atoms with van der Waals surface area (Å²) in [6, 6.07) is 10.5. The third-order valence-electron chi connectivity index (χ3n) is 4.41. The molecule has 4 aromatic rings. The summed E-state index contributed by atoms with van der Waals surface area (Å²) in [5.41, 5.74) is 4.49. The van der Waals surface area contributed by atoms with Crippen molar-refractivity contribution >= 4 is 50.3 Å². The Morgan fingerprint density at radius 1 is 1.18 bits per heavy atom. The summed E-state index contributed by atoms with van der Waals surface area (Å²) in [4.78, 5) is 20.3. The van der Waals surface area contributed by atoms with Gasteiger partial charge in [-0.2, -0.15) is 0 Å². The van der Waals surface area contributed by atoms with E-state index in [1.807, 2.05) is 37.4 Å². The second kappa shape index (κ2) is 7.18. The number of nitro groups is 1. The first kappa shape index (κ1) is 18.3. The minimum Gasteiger partial charge on any atom is -0.338 e. The molecular formula is C20H15ClN4O2S. The van der Waals surface area contributed by atoms with Gasteiger partial charge in [-0.15, -0.1) is 11.3 Å². The Hall–Kier alpha value is -3.03. The van der Waals surface area contributed by atoms with Crippen LogP contribution >= 0.6 is 22.9 Å². The Morgan fingerprint density at radius 3 is 2.75 bits per heavy atom. The maximum atomic E-state index is 11.2. The molecule has 0 aliphatic rings. The normalized spacial score (nSPS) is 11.0. The first-order chi connectivity index (χ1) is 13.4. The van der Waals surface area contributed by atoms with Gasteiger partial charge in [0.2, 0.25) is 0 Å². The van der Waals surface area contributed by atoms with Crippen LogP contribution in [-0.4, -0.2) is 14.9 Å². The highest BCUT2D eigenvalue weighted by Gasteiger charge is 2.17. The van der Waals surface area contributed by atoms with Gasteiger partial charge in [-0.1, -0.05) is 29.8 Å². The highest BCUT2D eigenvalue weighted by Crippen LogP contribution is 2.39. The summed E-state index contributed by atoms with van der Waals surface area (Å²) in [6.07, 6.45) is 1.50. The molecule has 0 saturated carbocycles. The molecule has 0 unspecified atom stereocenters. The van der Waals surface area contributed by atoms with Crippen molar-refractivity contribution in [3.8, 4) is 11.1 Å². The molecule has 6 nitrogen and oxygen atoms in total. The Bertz CT molecular complexity index is 1200. The highest BCUT2D eigenvalue weighted by atomic mass is 35.5. The molecule has 4 rings (SSSR count). The van der Waals surface area contributed by atoms with Gasteiger partial charge in [0, 0.05) is 23.1 Å². The van der Waals surface area contributed by atoms with Crippen LogP contribution in [0.15, 0.2) is 48.1 Å². The van der Waals surface area contributed by atoms with Crippen molar-refractivity contribution in [3.63, 3.8) is 0 Å². The number of nitrogens with zero attached hydrogens (tertiary/aromatic N) is 3. The second-order valence-corrected chi connectivity index (χ2v) is 7.69. The Kier molecular flexibility index (Phi) is 4.70. The molecule has 0 saturated heterocycles. The summed E-state index contributed by atoms with van der Waals surface area (Å²) in [5.74, 6) is 0.613. The summed E-state index contributed by atoms with van der Waals surface area (Å²) >= 11 is 7.91. The van der Waals surface area contributed by atoms with E-state index >= 15 is 0 Å². The van der Waals surface area contributed by atoms with E-state index in [2.05, 4.69) is 15.3 Å². The third-order valence-corrected chi connectivity index (χ3v) is 5.60.